The van der Waals surface area contributed by atoms with Crippen LogP contribution >= 0.6 is 0 Å². The quantitative estimate of drug-likeness (QED) is 0.642. The lowest BCUT2D eigenvalue weighted by Gasteiger charge is -2.16. The normalized spacial score (nSPS) is 24.6. The van der Waals surface area contributed by atoms with Crippen molar-refractivity contribution in [2.24, 2.45) is 11.1 Å². The minimum Gasteiger partial charge on any atom is -0.327 e. The summed E-state index contributed by atoms with van der Waals surface area (Å²) in [6, 6.07) is -0.229. The molecule has 0 aromatic carbocycles. The van der Waals surface area contributed by atoms with Crippen molar-refractivity contribution in [1.82, 2.24) is 0 Å². The molecule has 0 heterocycles. The summed E-state index contributed by atoms with van der Waals surface area (Å²) in [7, 11) is -4.34. The van der Waals surface area contributed by atoms with Crippen molar-refractivity contribution in [3.63, 3.8) is 0 Å². The summed E-state index contributed by atoms with van der Waals surface area (Å²) in [5.74, 6) is -0.405. The molecule has 0 aromatic heterocycles. The molecule has 66 valence electrons. The van der Waals surface area contributed by atoms with Crippen LogP contribution in [-0.2, 0) is 10.2 Å². The van der Waals surface area contributed by atoms with Crippen LogP contribution in [0.4, 0.5) is 3.89 Å². The van der Waals surface area contributed by atoms with Crippen LogP contribution in [0.2, 0.25) is 0 Å². The zero-order valence-corrected chi connectivity index (χ0v) is 7.20. The van der Waals surface area contributed by atoms with Gasteiger partial charge in [0.15, 0.2) is 0 Å². The first-order valence-electron chi connectivity index (χ1n) is 3.54. The van der Waals surface area contributed by atoms with Gasteiger partial charge in [-0.25, -0.2) is 0 Å². The van der Waals surface area contributed by atoms with Gasteiger partial charge in [0, 0.05) is 11.5 Å². The Morgan fingerprint density at radius 2 is 2.09 bits per heavy atom. The molecule has 0 saturated heterocycles. The largest absolute Gasteiger partial charge is 0.327 e. The van der Waals surface area contributed by atoms with Gasteiger partial charge in [0.05, 0.1) is 5.75 Å². The Morgan fingerprint density at radius 1 is 1.64 bits per heavy atom. The molecule has 1 atom stereocenters. The molecule has 5 heteroatoms. The zero-order valence-electron chi connectivity index (χ0n) is 6.38. The number of hydrogen-bond donors (Lipinski definition) is 1. The third-order valence-electron chi connectivity index (χ3n) is 2.32. The summed E-state index contributed by atoms with van der Waals surface area (Å²) in [6.45, 7) is 1.72. The van der Waals surface area contributed by atoms with E-state index in [9.17, 15) is 12.3 Å². The maximum Gasteiger partial charge on any atom is 0.303 e. The fraction of sp³-hybridized carbons (Fsp3) is 1.00. The summed E-state index contributed by atoms with van der Waals surface area (Å²) in [4.78, 5) is 0. The average molecular weight is 181 g/mol. The summed E-state index contributed by atoms with van der Waals surface area (Å²) in [6.07, 6.45) is 1.46. The van der Waals surface area contributed by atoms with Crippen LogP contribution < -0.4 is 5.73 Å². The van der Waals surface area contributed by atoms with E-state index in [1.54, 1.807) is 6.92 Å². The highest BCUT2D eigenvalue weighted by atomic mass is 32.3. The first-order chi connectivity index (χ1) is 4.86. The van der Waals surface area contributed by atoms with Crippen LogP contribution in [0.25, 0.3) is 0 Å². The summed E-state index contributed by atoms with van der Waals surface area (Å²) in [5, 5.41) is 0. The standard InChI is InChI=1S/C6H12FNO2S/c1-5(8)6(2-3-6)4-11(7,9)10/h5H,2-4,8H2,1H3. The molecular weight excluding hydrogens is 169 g/mol. The maximum atomic E-state index is 12.2. The van der Waals surface area contributed by atoms with Crippen LogP contribution in [-0.4, -0.2) is 20.2 Å². The predicted molar refractivity (Wildman–Crippen MR) is 40.2 cm³/mol. The van der Waals surface area contributed by atoms with Gasteiger partial charge in [-0.05, 0) is 19.8 Å². The zero-order chi connectivity index (χ0) is 8.70. The number of halogens is 1. The minimum atomic E-state index is -4.34. The fourth-order valence-corrected chi connectivity index (χ4v) is 2.47. The van der Waals surface area contributed by atoms with Gasteiger partial charge in [-0.3, -0.25) is 0 Å². The molecule has 0 amide bonds. The Kier molecular flexibility index (Phi) is 1.96. The second kappa shape index (κ2) is 2.42. The summed E-state index contributed by atoms with van der Waals surface area (Å²) in [5.41, 5.74) is 5.06. The van der Waals surface area contributed by atoms with Crippen molar-refractivity contribution < 1.29 is 12.3 Å². The molecule has 2 N–H and O–H groups in total. The van der Waals surface area contributed by atoms with Gasteiger partial charge in [0.2, 0.25) is 0 Å². The number of hydrogen-bond acceptors (Lipinski definition) is 3. The van der Waals surface area contributed by atoms with Crippen molar-refractivity contribution in [2.45, 2.75) is 25.8 Å². The van der Waals surface area contributed by atoms with Gasteiger partial charge in [0.1, 0.15) is 0 Å². The Balaban J connectivity index is 2.63. The summed E-state index contributed by atoms with van der Waals surface area (Å²) >= 11 is 0. The lowest BCUT2D eigenvalue weighted by molar-refractivity contribution is 0.448. The highest BCUT2D eigenvalue weighted by Gasteiger charge is 2.49. The van der Waals surface area contributed by atoms with E-state index >= 15 is 0 Å². The van der Waals surface area contributed by atoms with Crippen molar-refractivity contribution >= 4 is 10.2 Å². The van der Waals surface area contributed by atoms with Gasteiger partial charge >= 0.3 is 10.2 Å². The average Bonchev–Trinajstić information content (AvgIpc) is 2.43. The fourth-order valence-electron chi connectivity index (χ4n) is 1.24. The lowest BCUT2D eigenvalue weighted by Crippen LogP contribution is -2.32. The van der Waals surface area contributed by atoms with Gasteiger partial charge < -0.3 is 5.73 Å². The molecule has 1 saturated carbocycles. The van der Waals surface area contributed by atoms with Gasteiger partial charge in [-0.2, -0.15) is 8.42 Å². The molecule has 1 aliphatic carbocycles. The molecule has 1 fully saturated rings. The Labute approximate surface area is 66.0 Å². The molecular formula is C6H12FNO2S. The Morgan fingerprint density at radius 3 is 2.18 bits per heavy atom. The van der Waals surface area contributed by atoms with Gasteiger partial charge in [0.25, 0.3) is 0 Å². The van der Waals surface area contributed by atoms with E-state index in [0.717, 1.165) is 12.8 Å². The summed E-state index contributed by atoms with van der Waals surface area (Å²) < 4.78 is 32.7. The minimum absolute atomic E-state index is 0.229. The second-order valence-corrected chi connectivity index (χ2v) is 4.70. The Bertz CT molecular complexity index is 243. The molecule has 0 bridgehead atoms. The van der Waals surface area contributed by atoms with E-state index in [2.05, 4.69) is 0 Å². The van der Waals surface area contributed by atoms with E-state index in [1.807, 2.05) is 0 Å². The first kappa shape index (κ1) is 8.93. The molecule has 0 aromatic rings. The van der Waals surface area contributed by atoms with Crippen molar-refractivity contribution in [3.05, 3.63) is 0 Å². The third-order valence-corrected chi connectivity index (χ3v) is 3.24. The predicted octanol–water partition coefficient (Wildman–Crippen LogP) is 0.413. The van der Waals surface area contributed by atoms with Crippen molar-refractivity contribution in [1.29, 1.82) is 0 Å². The van der Waals surface area contributed by atoms with Crippen LogP contribution in [0.15, 0.2) is 0 Å². The molecule has 1 aliphatic rings. The molecule has 11 heavy (non-hydrogen) atoms. The molecule has 0 spiro atoms. The molecule has 1 unspecified atom stereocenters. The first-order valence-corrected chi connectivity index (χ1v) is 5.09. The molecule has 0 aliphatic heterocycles. The number of rotatable bonds is 3. The van der Waals surface area contributed by atoms with Crippen LogP contribution in [0.5, 0.6) is 0 Å². The van der Waals surface area contributed by atoms with Crippen LogP contribution in [0.1, 0.15) is 19.8 Å². The third kappa shape index (κ3) is 2.13. The maximum absolute atomic E-state index is 12.2. The van der Waals surface area contributed by atoms with E-state index in [-0.39, 0.29) is 6.04 Å². The molecule has 0 radical (unpaired) electrons. The van der Waals surface area contributed by atoms with Crippen molar-refractivity contribution in [3.8, 4) is 0 Å². The smallest absolute Gasteiger partial charge is 0.303 e. The van der Waals surface area contributed by atoms with Gasteiger partial charge in [-0.1, -0.05) is 0 Å². The highest BCUT2D eigenvalue weighted by Crippen LogP contribution is 2.49. The van der Waals surface area contributed by atoms with Crippen molar-refractivity contribution in [2.75, 3.05) is 5.75 Å². The van der Waals surface area contributed by atoms with Gasteiger partial charge in [-0.15, -0.1) is 3.89 Å². The lowest BCUT2D eigenvalue weighted by atomic mass is 10.0. The SMILES string of the molecule is CC(N)C1(CS(=O)(=O)F)CC1. The van der Waals surface area contributed by atoms with E-state index in [0.29, 0.717) is 0 Å². The highest BCUT2D eigenvalue weighted by molar-refractivity contribution is 7.86. The van der Waals surface area contributed by atoms with E-state index in [4.69, 9.17) is 5.73 Å². The molecule has 1 rings (SSSR count). The molecule has 3 nitrogen and oxygen atoms in total. The number of nitrogens with two attached hydrogens (primary N) is 1. The monoisotopic (exact) mass is 181 g/mol. The van der Waals surface area contributed by atoms with Crippen LogP contribution in [0, 0.1) is 5.41 Å². The topological polar surface area (TPSA) is 60.2 Å². The Hall–Kier alpha value is -0.160. The van der Waals surface area contributed by atoms with E-state index < -0.39 is 21.4 Å². The van der Waals surface area contributed by atoms with Crippen LogP contribution in [0.3, 0.4) is 0 Å². The van der Waals surface area contributed by atoms with E-state index in [1.165, 1.54) is 0 Å². The second-order valence-electron chi connectivity index (χ2n) is 3.33.